The molecule has 0 spiro atoms. The Labute approximate surface area is 150 Å². The van der Waals surface area contributed by atoms with Gasteiger partial charge >= 0.3 is 0 Å². The van der Waals surface area contributed by atoms with Crippen molar-refractivity contribution >= 4 is 27.7 Å². The third kappa shape index (κ3) is 4.39. The molecule has 1 atom stereocenters. The number of amides is 1. The molecule has 0 bridgehead atoms. The lowest BCUT2D eigenvalue weighted by Crippen LogP contribution is -2.30. The maximum atomic E-state index is 12.6. The van der Waals surface area contributed by atoms with Crippen LogP contribution < -0.4 is 5.73 Å². The molecule has 0 aliphatic carbocycles. The molecule has 10 heteroatoms. The zero-order valence-corrected chi connectivity index (χ0v) is 15.8. The van der Waals surface area contributed by atoms with Crippen molar-refractivity contribution in [3.63, 3.8) is 0 Å². The Kier molecular flexibility index (Phi) is 6.20. The van der Waals surface area contributed by atoms with Gasteiger partial charge in [0.1, 0.15) is 0 Å². The van der Waals surface area contributed by atoms with Gasteiger partial charge in [-0.2, -0.15) is 4.31 Å². The summed E-state index contributed by atoms with van der Waals surface area (Å²) >= 11 is 1.05. The van der Waals surface area contributed by atoms with E-state index in [-0.39, 0.29) is 16.0 Å². The van der Waals surface area contributed by atoms with Crippen LogP contribution in [0, 0.1) is 0 Å². The van der Waals surface area contributed by atoms with Crippen molar-refractivity contribution in [3.05, 3.63) is 24.3 Å². The normalized spacial score (nSPS) is 13.1. The van der Waals surface area contributed by atoms with Crippen molar-refractivity contribution in [2.45, 2.75) is 36.1 Å². The molecule has 1 aromatic heterocycles. The van der Waals surface area contributed by atoms with Gasteiger partial charge in [-0.1, -0.05) is 31.7 Å². The SMILES string of the molecule is CCN(CC)S(=O)(=O)c1cccc(-c2nnc(S[C@H](C)C(N)=O)o2)c1. The second kappa shape index (κ2) is 7.98. The molecule has 0 aliphatic heterocycles. The van der Waals surface area contributed by atoms with Gasteiger partial charge in [-0.3, -0.25) is 4.79 Å². The molecule has 1 aromatic carbocycles. The number of benzene rings is 1. The van der Waals surface area contributed by atoms with Gasteiger partial charge in [-0.25, -0.2) is 8.42 Å². The summed E-state index contributed by atoms with van der Waals surface area (Å²) in [4.78, 5) is 11.3. The number of aromatic nitrogens is 2. The Hall–Kier alpha value is -1.91. The summed E-state index contributed by atoms with van der Waals surface area (Å²) in [6.07, 6.45) is 0. The second-order valence-corrected chi connectivity index (χ2v) is 8.38. The summed E-state index contributed by atoms with van der Waals surface area (Å²) < 4.78 is 32.1. The number of carbonyl (C=O) groups excluding carboxylic acids is 1. The summed E-state index contributed by atoms with van der Waals surface area (Å²) in [5, 5.41) is 7.44. The highest BCUT2D eigenvalue weighted by Crippen LogP contribution is 2.27. The number of nitrogens with two attached hydrogens (primary N) is 1. The largest absolute Gasteiger partial charge is 0.411 e. The van der Waals surface area contributed by atoms with E-state index in [9.17, 15) is 13.2 Å². The van der Waals surface area contributed by atoms with E-state index in [1.165, 1.54) is 16.4 Å². The summed E-state index contributed by atoms with van der Waals surface area (Å²) in [6.45, 7) is 5.97. The fourth-order valence-corrected chi connectivity index (χ4v) is 4.22. The Morgan fingerprint density at radius 1 is 1.32 bits per heavy atom. The predicted molar refractivity (Wildman–Crippen MR) is 94.4 cm³/mol. The Morgan fingerprint density at radius 3 is 2.60 bits per heavy atom. The first kappa shape index (κ1) is 19.4. The number of hydrogen-bond acceptors (Lipinski definition) is 7. The second-order valence-electron chi connectivity index (χ2n) is 5.15. The molecule has 0 unspecified atom stereocenters. The lowest BCUT2D eigenvalue weighted by Gasteiger charge is -2.18. The minimum absolute atomic E-state index is 0.159. The molecule has 25 heavy (non-hydrogen) atoms. The van der Waals surface area contributed by atoms with Crippen molar-refractivity contribution in [3.8, 4) is 11.5 Å². The summed E-state index contributed by atoms with van der Waals surface area (Å²) in [6, 6.07) is 6.32. The highest BCUT2D eigenvalue weighted by atomic mass is 32.2. The van der Waals surface area contributed by atoms with E-state index in [0.29, 0.717) is 18.7 Å². The topological polar surface area (TPSA) is 119 Å². The molecular formula is C15H20N4O4S2. The van der Waals surface area contributed by atoms with Crippen molar-refractivity contribution in [2.24, 2.45) is 5.73 Å². The first-order valence-corrected chi connectivity index (χ1v) is 10.0. The lowest BCUT2D eigenvalue weighted by atomic mass is 10.2. The first-order chi connectivity index (χ1) is 11.8. The number of thioether (sulfide) groups is 1. The molecule has 0 radical (unpaired) electrons. The number of primary amides is 1. The van der Waals surface area contributed by atoms with E-state index in [4.69, 9.17) is 10.2 Å². The molecule has 0 saturated carbocycles. The van der Waals surface area contributed by atoms with Gasteiger partial charge < -0.3 is 10.2 Å². The van der Waals surface area contributed by atoms with Gasteiger partial charge in [-0.05, 0) is 25.1 Å². The van der Waals surface area contributed by atoms with E-state index in [2.05, 4.69) is 10.2 Å². The maximum absolute atomic E-state index is 12.6. The van der Waals surface area contributed by atoms with Crippen LogP contribution in [0.4, 0.5) is 0 Å². The van der Waals surface area contributed by atoms with Gasteiger partial charge in [0.2, 0.25) is 21.8 Å². The minimum atomic E-state index is -3.58. The van der Waals surface area contributed by atoms with Crippen molar-refractivity contribution in [2.75, 3.05) is 13.1 Å². The van der Waals surface area contributed by atoms with Crippen LogP contribution in [0.1, 0.15) is 20.8 Å². The van der Waals surface area contributed by atoms with Crippen LogP contribution in [0.25, 0.3) is 11.5 Å². The zero-order valence-electron chi connectivity index (χ0n) is 14.2. The zero-order chi connectivity index (χ0) is 18.6. The van der Waals surface area contributed by atoms with Crippen molar-refractivity contribution in [1.82, 2.24) is 14.5 Å². The van der Waals surface area contributed by atoms with Crippen molar-refractivity contribution in [1.29, 1.82) is 0 Å². The van der Waals surface area contributed by atoms with Gasteiger partial charge in [0.15, 0.2) is 0 Å². The van der Waals surface area contributed by atoms with Crippen LogP contribution in [0.5, 0.6) is 0 Å². The average molecular weight is 384 g/mol. The predicted octanol–water partition coefficient (Wildman–Crippen LogP) is 1.73. The summed E-state index contributed by atoms with van der Waals surface area (Å²) in [7, 11) is -3.58. The van der Waals surface area contributed by atoms with Gasteiger partial charge in [0, 0.05) is 18.7 Å². The molecule has 1 heterocycles. The smallest absolute Gasteiger partial charge is 0.277 e. The fourth-order valence-electron chi connectivity index (χ4n) is 2.09. The number of hydrogen-bond donors (Lipinski definition) is 1. The van der Waals surface area contributed by atoms with Gasteiger partial charge in [0.25, 0.3) is 5.22 Å². The molecule has 136 valence electrons. The molecule has 0 fully saturated rings. The van der Waals surface area contributed by atoms with Crippen LogP contribution in [-0.2, 0) is 14.8 Å². The number of carbonyl (C=O) groups is 1. The van der Waals surface area contributed by atoms with E-state index in [1.54, 1.807) is 32.9 Å². The molecule has 2 aromatic rings. The molecular weight excluding hydrogens is 364 g/mol. The Bertz CT molecular complexity index is 847. The van der Waals surface area contributed by atoms with Gasteiger partial charge in [-0.15, -0.1) is 10.2 Å². The standard InChI is InChI=1S/C15H20N4O4S2/c1-4-19(5-2)25(21,22)12-8-6-7-11(9-12)14-17-18-15(23-14)24-10(3)13(16)20/h6-10H,4-5H2,1-3H3,(H2,16,20)/t10-/m1/s1. The minimum Gasteiger partial charge on any atom is -0.411 e. The van der Waals surface area contributed by atoms with E-state index in [1.807, 2.05) is 0 Å². The molecule has 8 nitrogen and oxygen atoms in total. The molecule has 0 saturated heterocycles. The third-order valence-electron chi connectivity index (χ3n) is 3.51. The van der Waals surface area contributed by atoms with Crippen LogP contribution >= 0.6 is 11.8 Å². The lowest BCUT2D eigenvalue weighted by molar-refractivity contribution is -0.117. The van der Waals surface area contributed by atoms with E-state index >= 15 is 0 Å². The van der Waals surface area contributed by atoms with Gasteiger partial charge in [0.05, 0.1) is 10.1 Å². The van der Waals surface area contributed by atoms with E-state index in [0.717, 1.165) is 11.8 Å². The Balaban J connectivity index is 2.31. The molecule has 0 aliphatic rings. The van der Waals surface area contributed by atoms with Crippen molar-refractivity contribution < 1.29 is 17.6 Å². The quantitative estimate of drug-likeness (QED) is 0.688. The van der Waals surface area contributed by atoms with Crippen LogP contribution in [0.3, 0.4) is 0 Å². The number of sulfonamides is 1. The van der Waals surface area contributed by atoms with Crippen LogP contribution in [0.15, 0.2) is 38.8 Å². The van der Waals surface area contributed by atoms with E-state index < -0.39 is 21.2 Å². The first-order valence-electron chi connectivity index (χ1n) is 7.69. The Morgan fingerprint density at radius 2 is 2.00 bits per heavy atom. The molecule has 2 rings (SSSR count). The maximum Gasteiger partial charge on any atom is 0.277 e. The highest BCUT2D eigenvalue weighted by molar-refractivity contribution is 8.00. The molecule has 2 N–H and O–H groups in total. The average Bonchev–Trinajstić information content (AvgIpc) is 3.04. The van der Waals surface area contributed by atoms with Crippen LogP contribution in [-0.4, -0.2) is 47.2 Å². The summed E-state index contributed by atoms with van der Waals surface area (Å²) in [5.41, 5.74) is 5.69. The highest BCUT2D eigenvalue weighted by Gasteiger charge is 2.23. The summed E-state index contributed by atoms with van der Waals surface area (Å²) in [5.74, 6) is -0.312. The molecule has 1 amide bonds. The van der Waals surface area contributed by atoms with Crippen LogP contribution in [0.2, 0.25) is 0 Å². The monoisotopic (exact) mass is 384 g/mol. The number of nitrogens with zero attached hydrogens (tertiary/aromatic N) is 3. The fraction of sp³-hybridized carbons (Fsp3) is 0.400. The third-order valence-corrected chi connectivity index (χ3v) is 6.51. The number of rotatable bonds is 8.